The van der Waals surface area contributed by atoms with E-state index in [1.54, 1.807) is 44.5 Å². The van der Waals surface area contributed by atoms with Gasteiger partial charge in [0.25, 0.3) is 0 Å². The third-order valence-electron chi connectivity index (χ3n) is 8.24. The molecule has 0 saturated carbocycles. The Morgan fingerprint density at radius 1 is 0.655 bits per heavy atom. The highest BCUT2D eigenvalue weighted by atomic mass is 14.5. The number of fused-ring (bicyclic) bond motifs is 7. The van der Waals surface area contributed by atoms with Crippen molar-refractivity contribution in [3.8, 4) is 0 Å². The molecule has 4 aliphatic carbocycles. The van der Waals surface area contributed by atoms with E-state index >= 15 is 0 Å². The molecule has 0 amide bonds. The molecule has 0 heteroatoms. The fourth-order valence-electron chi connectivity index (χ4n) is 6.59. The Morgan fingerprint density at radius 2 is 1.24 bits per heavy atom. The summed E-state index contributed by atoms with van der Waals surface area (Å²) in [6.07, 6.45) is 16.0. The van der Waals surface area contributed by atoms with Crippen LogP contribution < -0.4 is 0 Å². The second kappa shape index (κ2) is 5.57. The third-order valence-corrected chi connectivity index (χ3v) is 8.24. The number of rotatable bonds is 0. The van der Waals surface area contributed by atoms with Gasteiger partial charge in [-0.1, -0.05) is 79.7 Å². The highest BCUT2D eigenvalue weighted by Crippen LogP contribution is 2.57. The van der Waals surface area contributed by atoms with Crippen LogP contribution in [-0.4, -0.2) is 0 Å². The smallest absolute Gasteiger partial charge is 0.00137 e. The Hall–Kier alpha value is -1.56. The van der Waals surface area contributed by atoms with Crippen LogP contribution in [0.25, 0.3) is 11.6 Å². The van der Waals surface area contributed by atoms with E-state index in [1.165, 1.54) is 25.7 Å². The third kappa shape index (κ3) is 2.77. The van der Waals surface area contributed by atoms with E-state index in [0.29, 0.717) is 0 Å². The van der Waals surface area contributed by atoms with Crippen molar-refractivity contribution in [2.45, 2.75) is 98.3 Å². The van der Waals surface area contributed by atoms with E-state index < -0.39 is 0 Å². The van der Waals surface area contributed by atoms with E-state index in [2.05, 4.69) is 79.7 Å². The van der Waals surface area contributed by atoms with Crippen molar-refractivity contribution in [3.63, 3.8) is 0 Å². The van der Waals surface area contributed by atoms with E-state index in [-0.39, 0.29) is 21.7 Å². The molecule has 29 heavy (non-hydrogen) atoms. The number of hydrogen-bond donors (Lipinski definition) is 0. The summed E-state index contributed by atoms with van der Waals surface area (Å²) in [5, 5.41) is 0. The van der Waals surface area contributed by atoms with Crippen LogP contribution in [0, 0.1) is 10.8 Å². The molecule has 0 aliphatic heterocycles. The van der Waals surface area contributed by atoms with Crippen LogP contribution in [0.4, 0.5) is 0 Å². The zero-order chi connectivity index (χ0) is 21.0. The second-order valence-electron chi connectivity index (χ2n) is 12.9. The van der Waals surface area contributed by atoms with Crippen molar-refractivity contribution in [3.05, 3.63) is 57.2 Å². The molecule has 0 aromatic heterocycles. The molecule has 0 heterocycles. The van der Waals surface area contributed by atoms with Crippen molar-refractivity contribution in [1.29, 1.82) is 0 Å². The Bertz CT molecular complexity index is 1010. The Balaban J connectivity index is 1.88. The average Bonchev–Trinajstić information content (AvgIpc) is 2.94. The van der Waals surface area contributed by atoms with Gasteiger partial charge in [-0.05, 0) is 98.3 Å². The van der Waals surface area contributed by atoms with Gasteiger partial charge < -0.3 is 0 Å². The molecule has 5 rings (SSSR count). The minimum absolute atomic E-state index is 0.243. The van der Waals surface area contributed by atoms with Crippen molar-refractivity contribution in [1.82, 2.24) is 0 Å². The Kier molecular flexibility index (Phi) is 3.73. The van der Waals surface area contributed by atoms with E-state index in [9.17, 15) is 0 Å². The molecule has 154 valence electrons. The molecule has 4 aliphatic rings. The summed E-state index contributed by atoms with van der Waals surface area (Å²) in [5.41, 5.74) is 14.3. The molecule has 0 N–H and O–H groups in total. The number of benzene rings is 1. The highest BCUT2D eigenvalue weighted by Gasteiger charge is 2.45. The Labute approximate surface area is 178 Å². The second-order valence-corrected chi connectivity index (χ2v) is 12.9. The van der Waals surface area contributed by atoms with Crippen LogP contribution in [0.3, 0.4) is 0 Å². The lowest BCUT2D eigenvalue weighted by Crippen LogP contribution is -2.37. The van der Waals surface area contributed by atoms with Gasteiger partial charge >= 0.3 is 0 Å². The minimum Gasteiger partial charge on any atom is -0.0782 e. The van der Waals surface area contributed by atoms with Gasteiger partial charge in [0.15, 0.2) is 0 Å². The van der Waals surface area contributed by atoms with Crippen molar-refractivity contribution in [2.24, 2.45) is 10.8 Å². The maximum absolute atomic E-state index is 2.50. The molecular formula is C29H38. The van der Waals surface area contributed by atoms with E-state index in [1.807, 2.05) is 0 Å². The SMILES string of the molecule is CC1(C)C=CC2=C(C1)c1c3c(c4c(c1C2)C(C)(C)CCC4(C)C)C=CC(C)(C)C3. The van der Waals surface area contributed by atoms with Gasteiger partial charge in [0.2, 0.25) is 0 Å². The molecule has 0 nitrogen and oxygen atoms in total. The standard InChI is InChI=1S/C29H38/c1-26(2)11-9-18-15-20-23(21(18)16-26)22-17-27(3,4)12-10-19(22)24-25(20)29(7,8)14-13-28(24,5)6/h9-12H,13-17H2,1-8H3. The molecular weight excluding hydrogens is 348 g/mol. The first-order valence-corrected chi connectivity index (χ1v) is 11.6. The normalized spacial score (nSPS) is 26.6. The van der Waals surface area contributed by atoms with Crippen LogP contribution in [-0.2, 0) is 23.7 Å². The van der Waals surface area contributed by atoms with Crippen molar-refractivity contribution in [2.75, 3.05) is 0 Å². The summed E-state index contributed by atoms with van der Waals surface area (Å²) in [5.74, 6) is 0. The lowest BCUT2D eigenvalue weighted by Gasteiger charge is -2.46. The lowest BCUT2D eigenvalue weighted by molar-refractivity contribution is 0.328. The molecule has 0 spiro atoms. The first-order chi connectivity index (χ1) is 13.3. The van der Waals surface area contributed by atoms with Crippen LogP contribution in [0.1, 0.15) is 108 Å². The van der Waals surface area contributed by atoms with Crippen molar-refractivity contribution >= 4 is 11.6 Å². The predicted molar refractivity (Wildman–Crippen MR) is 126 cm³/mol. The summed E-state index contributed by atoms with van der Waals surface area (Å²) >= 11 is 0. The van der Waals surface area contributed by atoms with E-state index in [4.69, 9.17) is 0 Å². The number of allylic oxidation sites excluding steroid dienone is 5. The largest absolute Gasteiger partial charge is 0.0782 e. The summed E-state index contributed by atoms with van der Waals surface area (Å²) in [6, 6.07) is 0. The van der Waals surface area contributed by atoms with Crippen LogP contribution >= 0.6 is 0 Å². The van der Waals surface area contributed by atoms with Gasteiger partial charge in [0.05, 0.1) is 0 Å². The summed E-state index contributed by atoms with van der Waals surface area (Å²) in [6.45, 7) is 19.6. The van der Waals surface area contributed by atoms with Crippen LogP contribution in [0.15, 0.2) is 23.8 Å². The summed E-state index contributed by atoms with van der Waals surface area (Å²) in [7, 11) is 0. The molecule has 0 saturated heterocycles. The van der Waals surface area contributed by atoms with Crippen LogP contribution in [0.5, 0.6) is 0 Å². The fraction of sp³-hybridized carbons (Fsp3) is 0.586. The van der Waals surface area contributed by atoms with Gasteiger partial charge in [-0.15, -0.1) is 0 Å². The van der Waals surface area contributed by atoms with Crippen LogP contribution in [0.2, 0.25) is 0 Å². The molecule has 0 atom stereocenters. The van der Waals surface area contributed by atoms with Gasteiger partial charge in [-0.25, -0.2) is 0 Å². The first kappa shape index (κ1) is 19.4. The van der Waals surface area contributed by atoms with Crippen molar-refractivity contribution < 1.29 is 0 Å². The molecule has 1 aromatic rings. The molecule has 0 radical (unpaired) electrons. The average molecular weight is 387 g/mol. The minimum atomic E-state index is 0.243. The molecule has 0 unspecified atom stereocenters. The van der Waals surface area contributed by atoms with Gasteiger partial charge in [0.1, 0.15) is 0 Å². The first-order valence-electron chi connectivity index (χ1n) is 11.6. The maximum atomic E-state index is 2.50. The monoisotopic (exact) mass is 386 g/mol. The van der Waals surface area contributed by atoms with Gasteiger partial charge in [-0.3, -0.25) is 0 Å². The zero-order valence-corrected chi connectivity index (χ0v) is 19.8. The number of hydrogen-bond acceptors (Lipinski definition) is 0. The Morgan fingerprint density at radius 3 is 1.93 bits per heavy atom. The lowest BCUT2D eigenvalue weighted by atomic mass is 9.58. The highest BCUT2D eigenvalue weighted by molar-refractivity contribution is 5.87. The maximum Gasteiger partial charge on any atom is -0.00137 e. The summed E-state index contributed by atoms with van der Waals surface area (Å²) < 4.78 is 0. The summed E-state index contributed by atoms with van der Waals surface area (Å²) in [4.78, 5) is 0. The zero-order valence-electron chi connectivity index (χ0n) is 19.8. The van der Waals surface area contributed by atoms with Gasteiger partial charge in [0, 0.05) is 0 Å². The van der Waals surface area contributed by atoms with Gasteiger partial charge in [-0.2, -0.15) is 0 Å². The van der Waals surface area contributed by atoms with E-state index in [0.717, 1.165) is 6.42 Å². The topological polar surface area (TPSA) is 0 Å². The quantitative estimate of drug-likeness (QED) is 0.424. The molecule has 1 aromatic carbocycles. The predicted octanol–water partition coefficient (Wildman–Crippen LogP) is 7.93. The fourth-order valence-corrected chi connectivity index (χ4v) is 6.59. The molecule has 0 fully saturated rings. The molecule has 0 bridgehead atoms.